The van der Waals surface area contributed by atoms with Crippen LogP contribution >= 0.6 is 0 Å². The van der Waals surface area contributed by atoms with Crippen molar-refractivity contribution in [1.82, 2.24) is 10.6 Å². The number of aliphatic hydroxyl groups excluding tert-OH is 1. The van der Waals surface area contributed by atoms with Crippen molar-refractivity contribution < 1.29 is 38.5 Å². The summed E-state index contributed by atoms with van der Waals surface area (Å²) < 4.78 is 15.0. The molecule has 0 bridgehead atoms. The lowest BCUT2D eigenvalue weighted by molar-refractivity contribution is -0.145. The van der Waals surface area contributed by atoms with Crippen LogP contribution in [0.2, 0.25) is 0 Å². The van der Waals surface area contributed by atoms with Crippen LogP contribution in [0.1, 0.15) is 47.1 Å². The van der Waals surface area contributed by atoms with Gasteiger partial charge in [-0.1, -0.05) is 26.0 Å². The number of carbonyl (C=O) groups is 4. The molecule has 1 atom stereocenters. The third-order valence-electron chi connectivity index (χ3n) is 4.82. The molecule has 0 radical (unpaired) electrons. The van der Waals surface area contributed by atoms with Gasteiger partial charge in [-0.2, -0.15) is 0 Å². The molecule has 0 saturated carbocycles. The average Bonchev–Trinajstić information content (AvgIpc) is 2.89. The van der Waals surface area contributed by atoms with Gasteiger partial charge in [0.25, 0.3) is 5.91 Å². The fraction of sp³-hybridized carbons (Fsp3) is 0.346. The Morgan fingerprint density at radius 2 is 1.51 bits per heavy atom. The van der Waals surface area contributed by atoms with Crippen LogP contribution in [0, 0.1) is 11.3 Å². The maximum Gasteiger partial charge on any atom is 0.412 e. The molecular formula is C26H31N3O8. The van der Waals surface area contributed by atoms with Crippen LogP contribution in [0.3, 0.4) is 0 Å². The van der Waals surface area contributed by atoms with Gasteiger partial charge in [0.1, 0.15) is 17.6 Å². The standard InChI is InChI=1S/C26H31N3O8/c1-4-35-22(31)15-36-20-11-9-17(10-12-20)23(32)21(13-30)28-25(33)19-7-5-18(6-8-19)24(27)29-26(34)37-14-16(2)3/h5-12,16,21,30H,4,13-15H2,1-3H3,(H,28,33)(H2,27,29,34)/t21-/m0/s1. The Labute approximate surface area is 214 Å². The van der Waals surface area contributed by atoms with Crippen molar-refractivity contribution in [3.63, 3.8) is 0 Å². The number of Topliss-reactive ketones (excluding diaryl/α,β-unsaturated/α-hetero) is 1. The number of esters is 1. The number of hydrogen-bond acceptors (Lipinski definition) is 9. The fourth-order valence-electron chi connectivity index (χ4n) is 2.94. The SMILES string of the molecule is CCOC(=O)COc1ccc(C(=O)[C@H](CO)NC(=O)c2ccc(C(=N)NC(=O)OCC(C)C)cc2)cc1. The Morgan fingerprint density at radius 1 is 0.919 bits per heavy atom. The summed E-state index contributed by atoms with van der Waals surface area (Å²) in [4.78, 5) is 48.5. The molecule has 0 aliphatic carbocycles. The fourth-order valence-corrected chi connectivity index (χ4v) is 2.94. The van der Waals surface area contributed by atoms with Gasteiger partial charge in [0.2, 0.25) is 0 Å². The van der Waals surface area contributed by atoms with Gasteiger partial charge in [0.05, 0.1) is 19.8 Å². The molecule has 4 N–H and O–H groups in total. The van der Waals surface area contributed by atoms with Crippen molar-refractivity contribution >= 4 is 29.6 Å². The van der Waals surface area contributed by atoms with E-state index in [-0.39, 0.29) is 42.7 Å². The van der Waals surface area contributed by atoms with Crippen molar-refractivity contribution in [3.8, 4) is 5.75 Å². The Hall–Kier alpha value is -4.25. The van der Waals surface area contributed by atoms with E-state index in [0.29, 0.717) is 11.3 Å². The van der Waals surface area contributed by atoms with E-state index in [1.165, 1.54) is 48.5 Å². The molecule has 2 rings (SSSR count). The summed E-state index contributed by atoms with van der Waals surface area (Å²) in [5.74, 6) is -1.33. The molecule has 11 heteroatoms. The summed E-state index contributed by atoms with van der Waals surface area (Å²) in [6.07, 6.45) is -0.747. The normalized spacial score (nSPS) is 11.3. The molecular weight excluding hydrogens is 482 g/mol. The van der Waals surface area contributed by atoms with Gasteiger partial charge in [0.15, 0.2) is 12.4 Å². The first-order valence-electron chi connectivity index (χ1n) is 11.6. The van der Waals surface area contributed by atoms with E-state index in [2.05, 4.69) is 10.6 Å². The first-order chi connectivity index (χ1) is 17.6. The lowest BCUT2D eigenvalue weighted by atomic mass is 10.0. The third kappa shape index (κ3) is 9.37. The highest BCUT2D eigenvalue weighted by atomic mass is 16.6. The second-order valence-electron chi connectivity index (χ2n) is 8.26. The molecule has 0 unspecified atom stereocenters. The first-order valence-corrected chi connectivity index (χ1v) is 11.6. The summed E-state index contributed by atoms with van der Waals surface area (Å²) in [5, 5.41) is 22.5. The lowest BCUT2D eigenvalue weighted by Crippen LogP contribution is -2.43. The number of ketones is 1. The number of rotatable bonds is 12. The van der Waals surface area contributed by atoms with Crippen LogP contribution in [0.5, 0.6) is 5.75 Å². The van der Waals surface area contributed by atoms with Crippen molar-refractivity contribution in [1.29, 1.82) is 5.41 Å². The maximum absolute atomic E-state index is 12.8. The Bertz CT molecular complexity index is 1100. The van der Waals surface area contributed by atoms with Gasteiger partial charge in [-0.05, 0) is 49.2 Å². The summed E-state index contributed by atoms with van der Waals surface area (Å²) in [7, 11) is 0. The minimum atomic E-state index is -1.20. The lowest BCUT2D eigenvalue weighted by Gasteiger charge is -2.16. The highest BCUT2D eigenvalue weighted by molar-refractivity contribution is 6.06. The van der Waals surface area contributed by atoms with Crippen LogP contribution in [-0.2, 0) is 14.3 Å². The number of nitrogens with one attached hydrogen (secondary N) is 3. The molecule has 2 aromatic rings. The zero-order chi connectivity index (χ0) is 27.4. The highest BCUT2D eigenvalue weighted by Crippen LogP contribution is 2.14. The van der Waals surface area contributed by atoms with Gasteiger partial charge in [0, 0.05) is 16.7 Å². The number of ether oxygens (including phenoxy) is 3. The number of benzene rings is 2. The molecule has 11 nitrogen and oxygen atoms in total. The molecule has 0 saturated heterocycles. The minimum absolute atomic E-state index is 0.156. The average molecular weight is 514 g/mol. The third-order valence-corrected chi connectivity index (χ3v) is 4.82. The molecule has 0 heterocycles. The van der Waals surface area contributed by atoms with Crippen LogP contribution in [0.4, 0.5) is 4.79 Å². The van der Waals surface area contributed by atoms with E-state index < -0.39 is 36.4 Å². The van der Waals surface area contributed by atoms with E-state index in [9.17, 15) is 24.3 Å². The number of aliphatic hydroxyl groups is 1. The maximum atomic E-state index is 12.8. The van der Waals surface area contributed by atoms with Crippen LogP contribution in [0.25, 0.3) is 0 Å². The molecule has 0 fully saturated rings. The highest BCUT2D eigenvalue weighted by Gasteiger charge is 2.22. The van der Waals surface area contributed by atoms with Gasteiger partial charge in [-0.25, -0.2) is 9.59 Å². The van der Waals surface area contributed by atoms with Gasteiger partial charge in [-0.3, -0.25) is 20.3 Å². The molecule has 198 valence electrons. The van der Waals surface area contributed by atoms with E-state index in [4.69, 9.17) is 19.6 Å². The summed E-state index contributed by atoms with van der Waals surface area (Å²) >= 11 is 0. The molecule has 0 spiro atoms. The summed E-state index contributed by atoms with van der Waals surface area (Å²) in [5.41, 5.74) is 0.757. The van der Waals surface area contributed by atoms with Crippen LogP contribution < -0.4 is 15.4 Å². The number of alkyl carbamates (subject to hydrolysis) is 1. The minimum Gasteiger partial charge on any atom is -0.482 e. The Balaban J connectivity index is 1.95. The van der Waals surface area contributed by atoms with Gasteiger partial charge < -0.3 is 24.6 Å². The Morgan fingerprint density at radius 3 is 2.08 bits per heavy atom. The monoisotopic (exact) mass is 513 g/mol. The van der Waals surface area contributed by atoms with Crippen molar-refractivity contribution in [2.45, 2.75) is 26.8 Å². The zero-order valence-electron chi connectivity index (χ0n) is 20.9. The molecule has 2 aromatic carbocycles. The molecule has 0 aliphatic heterocycles. The quantitative estimate of drug-likeness (QED) is 0.145. The zero-order valence-corrected chi connectivity index (χ0v) is 20.9. The molecule has 37 heavy (non-hydrogen) atoms. The number of amides is 2. The van der Waals surface area contributed by atoms with Gasteiger partial charge >= 0.3 is 12.1 Å². The Kier molecular flexibility index (Phi) is 11.2. The molecule has 2 amide bonds. The van der Waals surface area contributed by atoms with Crippen molar-refractivity contribution in [2.24, 2.45) is 5.92 Å². The largest absolute Gasteiger partial charge is 0.482 e. The van der Waals surface area contributed by atoms with Crippen molar-refractivity contribution in [2.75, 3.05) is 26.4 Å². The van der Waals surface area contributed by atoms with E-state index in [1.807, 2.05) is 13.8 Å². The van der Waals surface area contributed by atoms with E-state index in [1.54, 1.807) is 6.92 Å². The topological polar surface area (TPSA) is 164 Å². The molecule has 0 aromatic heterocycles. The summed E-state index contributed by atoms with van der Waals surface area (Å²) in [6.45, 7) is 5.02. The second-order valence-corrected chi connectivity index (χ2v) is 8.26. The smallest absolute Gasteiger partial charge is 0.412 e. The molecule has 0 aliphatic rings. The summed E-state index contributed by atoms with van der Waals surface area (Å²) in [6, 6.07) is 10.5. The van der Waals surface area contributed by atoms with Crippen molar-refractivity contribution in [3.05, 3.63) is 65.2 Å². The predicted octanol–water partition coefficient (Wildman–Crippen LogP) is 2.31. The van der Waals surface area contributed by atoms with E-state index in [0.717, 1.165) is 0 Å². The number of hydrogen-bond donors (Lipinski definition) is 4. The van der Waals surface area contributed by atoms with Crippen LogP contribution in [0.15, 0.2) is 48.5 Å². The van der Waals surface area contributed by atoms with Crippen LogP contribution in [-0.4, -0.2) is 67.2 Å². The van der Waals surface area contributed by atoms with Gasteiger partial charge in [-0.15, -0.1) is 0 Å². The number of carbonyl (C=O) groups excluding carboxylic acids is 4. The second kappa shape index (κ2) is 14.3. The number of amidine groups is 1. The predicted molar refractivity (Wildman–Crippen MR) is 134 cm³/mol. The van der Waals surface area contributed by atoms with E-state index >= 15 is 0 Å². The first kappa shape index (κ1) is 29.0.